The molecule has 0 atom stereocenters. The Bertz CT molecular complexity index is 443. The second-order valence-electron chi connectivity index (χ2n) is 5.59. The number of hydrogen-bond acceptors (Lipinski definition) is 5. The molecule has 106 valence electrons. The van der Waals surface area contributed by atoms with E-state index in [9.17, 15) is 0 Å². The van der Waals surface area contributed by atoms with Gasteiger partial charge < -0.3 is 18.7 Å². The normalized spacial score (nSPS) is 33.8. The van der Waals surface area contributed by atoms with Crippen molar-refractivity contribution in [2.75, 3.05) is 19.8 Å². The number of nitrogens with zero attached hydrogens (tertiary/aromatic N) is 1. The van der Waals surface area contributed by atoms with E-state index in [1.54, 1.807) is 0 Å². The molecule has 3 fully saturated rings. The lowest BCUT2D eigenvalue weighted by Gasteiger charge is -2.51. The third-order valence-corrected chi connectivity index (χ3v) is 4.06. The van der Waals surface area contributed by atoms with E-state index in [1.807, 2.05) is 13.8 Å². The minimum absolute atomic E-state index is 0.0218. The Kier molecular flexibility index (Phi) is 3.15. The molecule has 5 nitrogen and oxygen atoms in total. The summed E-state index contributed by atoms with van der Waals surface area (Å²) in [5.74, 6) is -0.382. The molecule has 0 aliphatic carbocycles. The predicted octanol–water partition coefficient (Wildman–Crippen LogP) is 2.52. The minimum Gasteiger partial charge on any atom is -0.361 e. The van der Waals surface area contributed by atoms with Gasteiger partial charge in [-0.05, 0) is 19.8 Å². The van der Waals surface area contributed by atoms with Crippen LogP contribution >= 0.6 is 0 Å². The lowest BCUT2D eigenvalue weighted by atomic mass is 9.83. The first-order valence-electron chi connectivity index (χ1n) is 7.02. The van der Waals surface area contributed by atoms with Crippen LogP contribution < -0.4 is 0 Å². The van der Waals surface area contributed by atoms with E-state index in [-0.39, 0.29) is 5.41 Å². The van der Waals surface area contributed by atoms with Gasteiger partial charge >= 0.3 is 5.97 Å². The second-order valence-corrected chi connectivity index (χ2v) is 5.59. The van der Waals surface area contributed by atoms with E-state index < -0.39 is 5.97 Å². The van der Waals surface area contributed by atoms with E-state index in [4.69, 9.17) is 18.7 Å². The minimum atomic E-state index is -1.09. The van der Waals surface area contributed by atoms with E-state index in [0.717, 1.165) is 30.5 Å². The number of rotatable bonds is 4. The molecule has 3 saturated heterocycles. The largest absolute Gasteiger partial charge is 0.361 e. The Hall–Kier alpha value is -0.910. The number of fused-ring (bicyclic) bond motifs is 3. The summed E-state index contributed by atoms with van der Waals surface area (Å²) >= 11 is 0. The van der Waals surface area contributed by atoms with E-state index >= 15 is 0 Å². The molecule has 0 unspecified atom stereocenters. The molecule has 5 heteroatoms. The number of ether oxygens (including phenoxy) is 3. The molecule has 2 bridgehead atoms. The van der Waals surface area contributed by atoms with Gasteiger partial charge in [0.15, 0.2) is 0 Å². The molecule has 0 saturated carbocycles. The maximum atomic E-state index is 5.94. The van der Waals surface area contributed by atoms with Gasteiger partial charge in [-0.15, -0.1) is 0 Å². The first-order valence-corrected chi connectivity index (χ1v) is 7.02. The van der Waals surface area contributed by atoms with E-state index in [0.29, 0.717) is 25.6 Å². The molecule has 3 aliphatic rings. The summed E-state index contributed by atoms with van der Waals surface area (Å²) in [6.07, 6.45) is 2.94. The van der Waals surface area contributed by atoms with Crippen LogP contribution in [0.25, 0.3) is 0 Å². The van der Waals surface area contributed by atoms with Gasteiger partial charge in [-0.3, -0.25) is 0 Å². The standard InChI is InChI=1S/C14H21NO4/c1-4-6-13-7-16-14(17-8-13,18-9-13)12-10(3)19-15-11(12)5-2/h4-9H2,1-3H3. The van der Waals surface area contributed by atoms with Crippen LogP contribution in [0, 0.1) is 12.3 Å². The Labute approximate surface area is 113 Å². The summed E-state index contributed by atoms with van der Waals surface area (Å²) in [6.45, 7) is 8.10. The van der Waals surface area contributed by atoms with Crippen molar-refractivity contribution in [2.24, 2.45) is 5.41 Å². The SMILES string of the molecule is CCCC12COC(c3c(CC)noc3C)(OC1)OC2. The molecule has 4 rings (SSSR count). The summed E-state index contributed by atoms with van der Waals surface area (Å²) in [7, 11) is 0. The molecule has 0 aromatic carbocycles. The molecular weight excluding hydrogens is 246 g/mol. The van der Waals surface area contributed by atoms with Gasteiger partial charge in [0.05, 0.1) is 25.5 Å². The van der Waals surface area contributed by atoms with Crippen molar-refractivity contribution in [2.45, 2.75) is 46.0 Å². The monoisotopic (exact) mass is 267 g/mol. The Morgan fingerprint density at radius 3 is 2.26 bits per heavy atom. The van der Waals surface area contributed by atoms with Crippen LogP contribution in [-0.4, -0.2) is 25.0 Å². The van der Waals surface area contributed by atoms with Crippen LogP contribution in [0.3, 0.4) is 0 Å². The molecule has 3 aliphatic heterocycles. The van der Waals surface area contributed by atoms with Gasteiger partial charge in [0, 0.05) is 5.41 Å². The summed E-state index contributed by atoms with van der Waals surface area (Å²) in [4.78, 5) is 0. The van der Waals surface area contributed by atoms with Gasteiger partial charge in [-0.25, -0.2) is 0 Å². The lowest BCUT2D eigenvalue weighted by molar-refractivity contribution is -0.480. The second kappa shape index (κ2) is 4.58. The zero-order valence-corrected chi connectivity index (χ0v) is 11.8. The molecule has 0 N–H and O–H groups in total. The summed E-state index contributed by atoms with van der Waals surface area (Å²) in [5, 5.41) is 4.06. The number of aryl methyl sites for hydroxylation is 2. The third-order valence-electron chi connectivity index (χ3n) is 4.06. The Balaban J connectivity index is 1.89. The molecule has 0 amide bonds. The van der Waals surface area contributed by atoms with Gasteiger partial charge in [0.2, 0.25) is 0 Å². The highest BCUT2D eigenvalue weighted by Gasteiger charge is 2.55. The van der Waals surface area contributed by atoms with E-state index in [2.05, 4.69) is 12.1 Å². The zero-order valence-electron chi connectivity index (χ0n) is 11.8. The molecular formula is C14H21NO4. The summed E-state index contributed by atoms with van der Waals surface area (Å²) in [5.41, 5.74) is 1.69. The van der Waals surface area contributed by atoms with Crippen molar-refractivity contribution in [1.29, 1.82) is 0 Å². The summed E-state index contributed by atoms with van der Waals surface area (Å²) < 4.78 is 23.1. The predicted molar refractivity (Wildman–Crippen MR) is 67.5 cm³/mol. The highest BCUT2D eigenvalue weighted by atomic mass is 16.9. The third kappa shape index (κ3) is 1.91. The topological polar surface area (TPSA) is 53.7 Å². The van der Waals surface area contributed by atoms with Gasteiger partial charge in [0.1, 0.15) is 11.3 Å². The fraction of sp³-hybridized carbons (Fsp3) is 0.786. The van der Waals surface area contributed by atoms with Crippen LogP contribution in [0.5, 0.6) is 0 Å². The van der Waals surface area contributed by atoms with Crippen LogP contribution in [0.1, 0.15) is 43.7 Å². The van der Waals surface area contributed by atoms with E-state index in [1.165, 1.54) is 0 Å². The van der Waals surface area contributed by atoms with Crippen LogP contribution in [0.4, 0.5) is 0 Å². The smallest absolute Gasteiger partial charge is 0.317 e. The maximum absolute atomic E-state index is 5.94. The number of hydrogen-bond donors (Lipinski definition) is 0. The quantitative estimate of drug-likeness (QED) is 0.839. The summed E-state index contributed by atoms with van der Waals surface area (Å²) in [6, 6.07) is 0. The fourth-order valence-electron chi connectivity index (χ4n) is 3.01. The van der Waals surface area contributed by atoms with Crippen LogP contribution in [-0.2, 0) is 26.6 Å². The molecule has 0 spiro atoms. The lowest BCUT2D eigenvalue weighted by Crippen LogP contribution is -2.58. The average molecular weight is 267 g/mol. The van der Waals surface area contributed by atoms with Crippen molar-refractivity contribution in [1.82, 2.24) is 5.16 Å². The van der Waals surface area contributed by atoms with Crippen LogP contribution in [0.15, 0.2) is 4.52 Å². The highest BCUT2D eigenvalue weighted by molar-refractivity contribution is 5.27. The van der Waals surface area contributed by atoms with Gasteiger partial charge in [-0.1, -0.05) is 25.4 Å². The average Bonchev–Trinajstić information content (AvgIpc) is 2.83. The van der Waals surface area contributed by atoms with Crippen molar-refractivity contribution in [3.8, 4) is 0 Å². The van der Waals surface area contributed by atoms with Crippen molar-refractivity contribution >= 4 is 0 Å². The maximum Gasteiger partial charge on any atom is 0.317 e. The van der Waals surface area contributed by atoms with Gasteiger partial charge in [0.25, 0.3) is 0 Å². The van der Waals surface area contributed by atoms with Gasteiger partial charge in [-0.2, -0.15) is 0 Å². The van der Waals surface area contributed by atoms with Crippen molar-refractivity contribution in [3.63, 3.8) is 0 Å². The van der Waals surface area contributed by atoms with Crippen LogP contribution in [0.2, 0.25) is 0 Å². The number of aromatic nitrogens is 1. The molecule has 1 aromatic heterocycles. The zero-order chi connectivity index (χ0) is 13.5. The highest BCUT2D eigenvalue weighted by Crippen LogP contribution is 2.47. The molecule has 19 heavy (non-hydrogen) atoms. The molecule has 4 heterocycles. The molecule has 0 radical (unpaired) electrons. The van der Waals surface area contributed by atoms with Crippen molar-refractivity contribution < 1.29 is 18.7 Å². The van der Waals surface area contributed by atoms with Crippen molar-refractivity contribution in [3.05, 3.63) is 17.0 Å². The first-order chi connectivity index (χ1) is 9.15. The molecule has 1 aromatic rings. The first kappa shape index (κ1) is 13.1. The Morgan fingerprint density at radius 1 is 1.11 bits per heavy atom. The fourth-order valence-corrected chi connectivity index (χ4v) is 3.01. The Morgan fingerprint density at radius 2 is 1.74 bits per heavy atom.